The fourth-order valence-electron chi connectivity index (χ4n) is 3.18. The quantitative estimate of drug-likeness (QED) is 0.742. The molecule has 0 unspecified atom stereocenters. The molecule has 0 fully saturated rings. The van der Waals surface area contributed by atoms with E-state index in [0.717, 1.165) is 11.1 Å². The van der Waals surface area contributed by atoms with Crippen molar-refractivity contribution in [3.8, 4) is 0 Å². The lowest BCUT2D eigenvalue weighted by molar-refractivity contribution is 0.0683. The molecular weight excluding hydrogens is 359 g/mol. The molecule has 142 valence electrons. The van der Waals surface area contributed by atoms with Crippen LogP contribution in [0.5, 0.6) is 0 Å². The summed E-state index contributed by atoms with van der Waals surface area (Å²) >= 11 is 0. The van der Waals surface area contributed by atoms with E-state index >= 15 is 0 Å². The van der Waals surface area contributed by atoms with Gasteiger partial charge >= 0.3 is 0 Å². The second kappa shape index (κ2) is 7.64. The van der Waals surface area contributed by atoms with Crippen LogP contribution in [0.1, 0.15) is 32.1 Å². The third-order valence-corrected chi connectivity index (χ3v) is 4.68. The predicted molar refractivity (Wildman–Crippen MR) is 101 cm³/mol. The number of hydrogen-bond acceptors (Lipinski definition) is 3. The van der Waals surface area contributed by atoms with Crippen molar-refractivity contribution in [2.75, 3.05) is 6.54 Å². The van der Waals surface area contributed by atoms with Crippen LogP contribution in [0.2, 0.25) is 0 Å². The van der Waals surface area contributed by atoms with Crippen LogP contribution in [0.25, 0.3) is 0 Å². The van der Waals surface area contributed by atoms with Crippen LogP contribution in [0, 0.1) is 5.82 Å². The molecule has 0 saturated carbocycles. The van der Waals surface area contributed by atoms with E-state index in [4.69, 9.17) is 0 Å². The Hall–Kier alpha value is -3.48. The molecule has 0 aliphatic carbocycles. The van der Waals surface area contributed by atoms with Crippen LogP contribution < -0.4 is 5.32 Å². The largest absolute Gasteiger partial charge is 0.347 e. The van der Waals surface area contributed by atoms with E-state index in [1.807, 2.05) is 30.3 Å². The fraction of sp³-hybridized carbons (Fsp3) is 0.190. The maximum absolute atomic E-state index is 13.1. The molecule has 0 atom stereocenters. The van der Waals surface area contributed by atoms with Crippen molar-refractivity contribution < 1.29 is 14.0 Å². The van der Waals surface area contributed by atoms with E-state index in [1.165, 1.54) is 18.2 Å². The zero-order valence-electron chi connectivity index (χ0n) is 15.1. The minimum Gasteiger partial charge on any atom is -0.347 e. The molecule has 0 saturated heterocycles. The van der Waals surface area contributed by atoms with Gasteiger partial charge < -0.3 is 10.2 Å². The first-order valence-electron chi connectivity index (χ1n) is 9.04. The fourth-order valence-corrected chi connectivity index (χ4v) is 3.18. The summed E-state index contributed by atoms with van der Waals surface area (Å²) < 4.78 is 14.6. The van der Waals surface area contributed by atoms with E-state index in [1.54, 1.807) is 21.7 Å². The average molecular weight is 378 g/mol. The smallest absolute Gasteiger partial charge is 0.272 e. The Morgan fingerprint density at radius 1 is 1.04 bits per heavy atom. The summed E-state index contributed by atoms with van der Waals surface area (Å²) in [7, 11) is 0. The van der Waals surface area contributed by atoms with Crippen molar-refractivity contribution in [1.29, 1.82) is 0 Å². The standard InChI is InChI=1S/C21H19FN4O2/c22-17-8-6-16(7-9-17)14-25-10-11-26-19(21(25)28)12-18(24-26)20(27)23-13-15-4-2-1-3-5-15/h1-9,12H,10-11,13-14H2,(H,23,27). The van der Waals surface area contributed by atoms with Crippen molar-refractivity contribution in [1.82, 2.24) is 20.0 Å². The van der Waals surface area contributed by atoms with Gasteiger partial charge in [-0.3, -0.25) is 14.3 Å². The molecule has 1 N–H and O–H groups in total. The first-order chi connectivity index (χ1) is 13.6. The van der Waals surface area contributed by atoms with Crippen LogP contribution >= 0.6 is 0 Å². The van der Waals surface area contributed by atoms with Crippen LogP contribution in [-0.4, -0.2) is 33.0 Å². The second-order valence-corrected chi connectivity index (χ2v) is 6.66. The van der Waals surface area contributed by atoms with Gasteiger partial charge in [-0.15, -0.1) is 0 Å². The molecule has 6 nitrogen and oxygen atoms in total. The monoisotopic (exact) mass is 378 g/mol. The number of aromatic nitrogens is 2. The molecule has 4 rings (SSSR count). The number of nitrogens with one attached hydrogen (secondary N) is 1. The number of fused-ring (bicyclic) bond motifs is 1. The molecule has 0 bridgehead atoms. The van der Waals surface area contributed by atoms with E-state index < -0.39 is 0 Å². The minimum absolute atomic E-state index is 0.190. The molecule has 1 aliphatic rings. The lowest BCUT2D eigenvalue weighted by Gasteiger charge is -2.27. The number of halogens is 1. The topological polar surface area (TPSA) is 67.2 Å². The Morgan fingerprint density at radius 2 is 1.79 bits per heavy atom. The van der Waals surface area contributed by atoms with Crippen molar-refractivity contribution in [2.24, 2.45) is 0 Å². The number of benzene rings is 2. The summed E-state index contributed by atoms with van der Waals surface area (Å²) in [5, 5.41) is 7.09. The van der Waals surface area contributed by atoms with E-state index in [-0.39, 0.29) is 23.3 Å². The van der Waals surface area contributed by atoms with Gasteiger partial charge in [0.2, 0.25) is 0 Å². The number of carbonyl (C=O) groups is 2. The Balaban J connectivity index is 1.44. The van der Waals surface area contributed by atoms with Gasteiger partial charge in [0.1, 0.15) is 11.5 Å². The van der Waals surface area contributed by atoms with Gasteiger partial charge in [-0.25, -0.2) is 4.39 Å². The molecule has 1 aromatic heterocycles. The van der Waals surface area contributed by atoms with E-state index in [0.29, 0.717) is 31.9 Å². The maximum atomic E-state index is 13.1. The average Bonchev–Trinajstić information content (AvgIpc) is 3.16. The van der Waals surface area contributed by atoms with Crippen LogP contribution in [-0.2, 0) is 19.6 Å². The zero-order chi connectivity index (χ0) is 19.5. The van der Waals surface area contributed by atoms with Gasteiger partial charge in [-0.05, 0) is 23.3 Å². The first kappa shape index (κ1) is 17.9. The van der Waals surface area contributed by atoms with Gasteiger partial charge in [0.05, 0.1) is 6.54 Å². The molecule has 1 aliphatic heterocycles. The molecule has 28 heavy (non-hydrogen) atoms. The highest BCUT2D eigenvalue weighted by Gasteiger charge is 2.27. The third kappa shape index (κ3) is 3.78. The Kier molecular flexibility index (Phi) is 4.89. The van der Waals surface area contributed by atoms with Gasteiger partial charge in [0, 0.05) is 25.7 Å². The third-order valence-electron chi connectivity index (χ3n) is 4.68. The highest BCUT2D eigenvalue weighted by molar-refractivity contribution is 5.98. The van der Waals surface area contributed by atoms with E-state index in [9.17, 15) is 14.0 Å². The number of hydrogen-bond donors (Lipinski definition) is 1. The van der Waals surface area contributed by atoms with Gasteiger partial charge in [-0.2, -0.15) is 5.10 Å². The zero-order valence-corrected chi connectivity index (χ0v) is 15.1. The molecular formula is C21H19FN4O2. The van der Waals surface area contributed by atoms with Crippen LogP contribution in [0.4, 0.5) is 4.39 Å². The first-order valence-corrected chi connectivity index (χ1v) is 9.04. The Bertz CT molecular complexity index is 999. The maximum Gasteiger partial charge on any atom is 0.272 e. The van der Waals surface area contributed by atoms with Gasteiger partial charge in [0.15, 0.2) is 5.69 Å². The van der Waals surface area contributed by atoms with Gasteiger partial charge in [-0.1, -0.05) is 42.5 Å². The van der Waals surface area contributed by atoms with Crippen molar-refractivity contribution >= 4 is 11.8 Å². The summed E-state index contributed by atoms with van der Waals surface area (Å²) in [6, 6.07) is 17.2. The molecule has 7 heteroatoms. The summed E-state index contributed by atoms with van der Waals surface area (Å²) in [6.45, 7) is 1.77. The summed E-state index contributed by atoms with van der Waals surface area (Å²) in [6.07, 6.45) is 0. The normalized spacial score (nSPS) is 13.3. The molecule has 0 radical (unpaired) electrons. The SMILES string of the molecule is O=C(NCc1ccccc1)c1cc2n(n1)CCN(Cc1ccc(F)cc1)C2=O. The summed E-state index contributed by atoms with van der Waals surface area (Å²) in [5.74, 6) is -0.813. The highest BCUT2D eigenvalue weighted by Crippen LogP contribution is 2.17. The molecule has 3 aromatic rings. The second-order valence-electron chi connectivity index (χ2n) is 6.66. The van der Waals surface area contributed by atoms with Crippen molar-refractivity contribution in [2.45, 2.75) is 19.6 Å². The minimum atomic E-state index is -0.316. The number of carbonyl (C=O) groups excluding carboxylic acids is 2. The Morgan fingerprint density at radius 3 is 2.54 bits per heavy atom. The molecule has 0 spiro atoms. The number of rotatable bonds is 5. The molecule has 2 heterocycles. The van der Waals surface area contributed by atoms with E-state index in [2.05, 4.69) is 10.4 Å². The Labute approximate surface area is 161 Å². The summed E-state index contributed by atoms with van der Waals surface area (Å²) in [5.41, 5.74) is 2.45. The van der Waals surface area contributed by atoms with Crippen molar-refractivity contribution in [3.63, 3.8) is 0 Å². The lowest BCUT2D eigenvalue weighted by atomic mass is 10.2. The number of nitrogens with zero attached hydrogens (tertiary/aromatic N) is 3. The van der Waals surface area contributed by atoms with Crippen molar-refractivity contribution in [3.05, 3.63) is 89.0 Å². The molecule has 2 amide bonds. The lowest BCUT2D eigenvalue weighted by Crippen LogP contribution is -2.39. The number of amides is 2. The van der Waals surface area contributed by atoms with Gasteiger partial charge in [0.25, 0.3) is 11.8 Å². The molecule has 2 aromatic carbocycles. The van der Waals surface area contributed by atoms with Crippen LogP contribution in [0.15, 0.2) is 60.7 Å². The highest BCUT2D eigenvalue weighted by atomic mass is 19.1. The van der Waals surface area contributed by atoms with Crippen LogP contribution in [0.3, 0.4) is 0 Å². The summed E-state index contributed by atoms with van der Waals surface area (Å²) in [4.78, 5) is 26.8. The predicted octanol–water partition coefficient (Wildman–Crippen LogP) is 2.61.